The van der Waals surface area contributed by atoms with Crippen molar-refractivity contribution in [1.82, 2.24) is 0 Å². The summed E-state index contributed by atoms with van der Waals surface area (Å²) in [6.45, 7) is 5.20. The van der Waals surface area contributed by atoms with Gasteiger partial charge in [-0.15, -0.1) is 0 Å². The third-order valence-corrected chi connectivity index (χ3v) is 8.12. The van der Waals surface area contributed by atoms with Crippen LogP contribution < -0.4 is 34.4 Å². The van der Waals surface area contributed by atoms with Crippen molar-refractivity contribution in [3.05, 3.63) is 118 Å². The predicted octanol–water partition coefficient (Wildman–Crippen LogP) is 5.03. The molecule has 38 heavy (non-hydrogen) atoms. The summed E-state index contributed by atoms with van der Waals surface area (Å²) in [5.41, 5.74) is 45.5. The van der Waals surface area contributed by atoms with E-state index in [4.69, 9.17) is 34.4 Å². The molecule has 0 bridgehead atoms. The largest absolute Gasteiger partial charge is 0.399 e. The van der Waals surface area contributed by atoms with Gasteiger partial charge in [-0.1, -0.05) is 68.8 Å². The van der Waals surface area contributed by atoms with Crippen LogP contribution in [0.15, 0.2) is 84.9 Å². The number of nitrogens with two attached hydrogens (primary N) is 6. The number of benzene rings is 4. The normalized spacial score (nSPS) is 12.0. The quantitative estimate of drug-likeness (QED) is 0.174. The minimum Gasteiger partial charge on any atom is -0.399 e. The molecular formula is C32H40N6. The Bertz CT molecular complexity index is 1330. The second kappa shape index (κ2) is 10.8. The fraction of sp³-hybridized carbons (Fsp3) is 0.250. The summed E-state index contributed by atoms with van der Waals surface area (Å²) >= 11 is 0. The Morgan fingerprint density at radius 1 is 0.579 bits per heavy atom. The second-order valence-electron chi connectivity index (χ2n) is 10.3. The SMILES string of the molecule is CCCC(c1cccc(N)c1)(c1cccc(N)c1)C(C)(c1ccc(CN)c(N)c1)c1ccc(CN)c(N)c1. The van der Waals surface area contributed by atoms with Crippen LogP contribution in [0.25, 0.3) is 0 Å². The third-order valence-electron chi connectivity index (χ3n) is 8.12. The van der Waals surface area contributed by atoms with Gasteiger partial charge in [0.25, 0.3) is 0 Å². The maximum Gasteiger partial charge on any atom is 0.0362 e. The lowest BCUT2D eigenvalue weighted by molar-refractivity contribution is 0.306. The molecule has 0 radical (unpaired) electrons. The van der Waals surface area contributed by atoms with Gasteiger partial charge in [-0.05, 0) is 76.2 Å². The lowest BCUT2D eigenvalue weighted by Crippen LogP contribution is -2.49. The lowest BCUT2D eigenvalue weighted by Gasteiger charge is -2.51. The van der Waals surface area contributed by atoms with Crippen LogP contribution in [0.2, 0.25) is 0 Å². The van der Waals surface area contributed by atoms with Crippen molar-refractivity contribution in [3.8, 4) is 0 Å². The van der Waals surface area contributed by atoms with E-state index in [9.17, 15) is 0 Å². The molecule has 0 amide bonds. The van der Waals surface area contributed by atoms with Crippen molar-refractivity contribution < 1.29 is 0 Å². The summed E-state index contributed by atoms with van der Waals surface area (Å²) in [4.78, 5) is 0. The molecule has 12 N–H and O–H groups in total. The van der Waals surface area contributed by atoms with E-state index in [-0.39, 0.29) is 0 Å². The first-order valence-corrected chi connectivity index (χ1v) is 13.1. The van der Waals surface area contributed by atoms with Crippen LogP contribution in [0.4, 0.5) is 22.7 Å². The van der Waals surface area contributed by atoms with Gasteiger partial charge in [0.15, 0.2) is 0 Å². The zero-order chi connectivity index (χ0) is 27.5. The monoisotopic (exact) mass is 508 g/mol. The van der Waals surface area contributed by atoms with Gasteiger partial charge >= 0.3 is 0 Å². The van der Waals surface area contributed by atoms with Crippen molar-refractivity contribution >= 4 is 22.7 Å². The molecule has 0 saturated heterocycles. The second-order valence-corrected chi connectivity index (χ2v) is 10.3. The molecule has 0 heterocycles. The van der Waals surface area contributed by atoms with Gasteiger partial charge in [0.1, 0.15) is 0 Å². The molecule has 0 unspecified atom stereocenters. The van der Waals surface area contributed by atoms with E-state index in [1.807, 2.05) is 36.4 Å². The fourth-order valence-corrected chi connectivity index (χ4v) is 6.11. The smallest absolute Gasteiger partial charge is 0.0362 e. The van der Waals surface area contributed by atoms with Crippen molar-refractivity contribution in [2.24, 2.45) is 11.5 Å². The number of hydrogen-bond donors (Lipinski definition) is 6. The Balaban J connectivity index is 2.21. The molecule has 198 valence electrons. The fourth-order valence-electron chi connectivity index (χ4n) is 6.11. The average Bonchev–Trinajstić information content (AvgIpc) is 2.91. The zero-order valence-electron chi connectivity index (χ0n) is 22.4. The van der Waals surface area contributed by atoms with Crippen molar-refractivity contribution in [2.75, 3.05) is 22.9 Å². The number of hydrogen-bond acceptors (Lipinski definition) is 6. The first-order valence-electron chi connectivity index (χ1n) is 13.1. The minimum absolute atomic E-state index is 0.367. The summed E-state index contributed by atoms with van der Waals surface area (Å²) in [5, 5.41) is 0. The highest BCUT2D eigenvalue weighted by atomic mass is 14.6. The molecule has 4 aromatic carbocycles. The van der Waals surface area contributed by atoms with E-state index in [1.165, 1.54) is 0 Å². The molecule has 4 rings (SSSR count). The van der Waals surface area contributed by atoms with Crippen LogP contribution in [0, 0.1) is 0 Å². The summed E-state index contributed by atoms with van der Waals surface area (Å²) in [6, 6.07) is 28.7. The Kier molecular flexibility index (Phi) is 7.67. The van der Waals surface area contributed by atoms with E-state index in [2.05, 4.69) is 62.4 Å². The zero-order valence-corrected chi connectivity index (χ0v) is 22.4. The van der Waals surface area contributed by atoms with Gasteiger partial charge < -0.3 is 34.4 Å². The van der Waals surface area contributed by atoms with Crippen LogP contribution in [-0.4, -0.2) is 0 Å². The van der Waals surface area contributed by atoms with Crippen molar-refractivity contribution in [1.29, 1.82) is 0 Å². The lowest BCUT2D eigenvalue weighted by atomic mass is 9.50. The standard InChI is InChI=1S/C32H40N6/c1-3-14-32(25-6-4-8-27(35)15-25,26-7-5-9-28(36)16-26)31(2,23-12-10-21(19-33)29(37)17-23)24-13-11-22(20-34)30(38)18-24/h4-13,15-18H,3,14,19-20,33-38H2,1-2H3. The molecule has 0 atom stereocenters. The summed E-state index contributed by atoms with van der Waals surface area (Å²) in [5.74, 6) is 0. The Morgan fingerprint density at radius 3 is 1.37 bits per heavy atom. The van der Waals surface area contributed by atoms with Gasteiger partial charge in [0.2, 0.25) is 0 Å². The molecule has 0 aromatic heterocycles. The van der Waals surface area contributed by atoms with E-state index in [0.29, 0.717) is 35.8 Å². The van der Waals surface area contributed by atoms with Gasteiger partial charge in [-0.2, -0.15) is 0 Å². The molecular weight excluding hydrogens is 468 g/mol. The van der Waals surface area contributed by atoms with E-state index >= 15 is 0 Å². The number of rotatable bonds is 9. The van der Waals surface area contributed by atoms with Crippen molar-refractivity contribution in [2.45, 2.75) is 50.6 Å². The average molecular weight is 509 g/mol. The van der Waals surface area contributed by atoms with Gasteiger partial charge in [0, 0.05) is 46.7 Å². The first-order chi connectivity index (χ1) is 18.2. The molecule has 0 fully saturated rings. The summed E-state index contributed by atoms with van der Waals surface area (Å²) < 4.78 is 0. The molecule has 6 heteroatoms. The van der Waals surface area contributed by atoms with E-state index < -0.39 is 10.8 Å². The Labute approximate surface area is 226 Å². The summed E-state index contributed by atoms with van der Waals surface area (Å²) in [7, 11) is 0. The van der Waals surface area contributed by atoms with Crippen LogP contribution >= 0.6 is 0 Å². The summed E-state index contributed by atoms with van der Waals surface area (Å²) in [6.07, 6.45) is 1.72. The highest BCUT2D eigenvalue weighted by Gasteiger charge is 2.52. The third kappa shape index (κ3) is 4.46. The highest BCUT2D eigenvalue weighted by molar-refractivity contribution is 5.63. The minimum atomic E-state index is -0.646. The van der Waals surface area contributed by atoms with Gasteiger partial charge in [-0.3, -0.25) is 0 Å². The molecule has 4 aromatic rings. The Hall–Kier alpha value is -4.00. The first kappa shape index (κ1) is 27.0. The molecule has 0 saturated carbocycles. The van der Waals surface area contributed by atoms with E-state index in [1.54, 1.807) is 0 Å². The van der Waals surface area contributed by atoms with Crippen LogP contribution in [-0.2, 0) is 23.9 Å². The maximum absolute atomic E-state index is 6.56. The Morgan fingerprint density at radius 2 is 1.03 bits per heavy atom. The van der Waals surface area contributed by atoms with Crippen LogP contribution in [0.5, 0.6) is 0 Å². The van der Waals surface area contributed by atoms with Crippen LogP contribution in [0.1, 0.15) is 60.1 Å². The van der Waals surface area contributed by atoms with Gasteiger partial charge in [-0.25, -0.2) is 0 Å². The molecule has 0 aliphatic carbocycles. The number of anilines is 4. The number of nitrogen functional groups attached to an aromatic ring is 4. The molecule has 6 nitrogen and oxygen atoms in total. The van der Waals surface area contributed by atoms with Crippen molar-refractivity contribution in [3.63, 3.8) is 0 Å². The maximum atomic E-state index is 6.56. The highest BCUT2D eigenvalue weighted by Crippen LogP contribution is 2.56. The molecule has 0 spiro atoms. The van der Waals surface area contributed by atoms with Gasteiger partial charge in [0.05, 0.1) is 0 Å². The molecule has 0 aliphatic heterocycles. The topological polar surface area (TPSA) is 156 Å². The molecule has 0 aliphatic rings. The van der Waals surface area contributed by atoms with E-state index in [0.717, 1.165) is 46.2 Å². The predicted molar refractivity (Wildman–Crippen MR) is 161 cm³/mol. The van der Waals surface area contributed by atoms with Crippen LogP contribution in [0.3, 0.4) is 0 Å².